The van der Waals surface area contributed by atoms with Crippen LogP contribution in [0.3, 0.4) is 0 Å². The molecule has 0 radical (unpaired) electrons. The summed E-state index contributed by atoms with van der Waals surface area (Å²) in [6, 6.07) is 0. The number of carbonyl (C=O) groups is 1. The van der Waals surface area contributed by atoms with Gasteiger partial charge in [0, 0.05) is 12.5 Å². The Hall–Kier alpha value is -0.830. The highest BCUT2D eigenvalue weighted by molar-refractivity contribution is 5.75. The Morgan fingerprint density at radius 1 is 1.26 bits per heavy atom. The van der Waals surface area contributed by atoms with Gasteiger partial charge in [-0.1, -0.05) is 25.5 Å². The number of rotatable bonds is 2. The monoisotopic (exact) mass is 317 g/mol. The molecule has 2 aliphatic heterocycles. The molecule has 128 valence electrons. The zero-order chi connectivity index (χ0) is 16.0. The zero-order valence-electron chi connectivity index (χ0n) is 14.6. The summed E-state index contributed by atoms with van der Waals surface area (Å²) in [5, 5.41) is 0. The normalized spacial score (nSPS) is 44.6. The Labute approximate surface area is 140 Å². The highest BCUT2D eigenvalue weighted by atomic mass is 16.6. The van der Waals surface area contributed by atoms with Gasteiger partial charge in [-0.05, 0) is 69.4 Å². The molecule has 0 aromatic heterocycles. The molecule has 4 aliphatic rings. The molecule has 0 spiro atoms. The maximum absolute atomic E-state index is 12.5. The summed E-state index contributed by atoms with van der Waals surface area (Å²) in [6.07, 6.45) is 9.99. The van der Waals surface area contributed by atoms with Crippen LogP contribution in [-0.2, 0) is 9.53 Å². The molecular weight excluding hydrogens is 286 g/mol. The summed E-state index contributed by atoms with van der Waals surface area (Å²) in [5.41, 5.74) is 1.75. The van der Waals surface area contributed by atoms with Gasteiger partial charge in [0.25, 0.3) is 0 Å². The average molecular weight is 317 g/mol. The third-order valence-electron chi connectivity index (χ3n) is 7.22. The predicted molar refractivity (Wildman–Crippen MR) is 91.0 cm³/mol. The van der Waals surface area contributed by atoms with E-state index in [1.807, 2.05) is 0 Å². The predicted octanol–water partition coefficient (Wildman–Crippen LogP) is 3.79. The van der Waals surface area contributed by atoms with Crippen molar-refractivity contribution in [3.05, 3.63) is 12.2 Å². The molecule has 2 heterocycles. The SMILES string of the molecule is C=C1CCC[C@]2(C)C[C@H]3OC(=O)[C@@H](CN4CCCCC4)[C@H]3C[C@H]12. The maximum Gasteiger partial charge on any atom is 0.310 e. The number of ether oxygens (including phenoxy) is 1. The fourth-order valence-corrected chi connectivity index (χ4v) is 5.88. The molecule has 3 heteroatoms. The van der Waals surface area contributed by atoms with Crippen molar-refractivity contribution in [1.29, 1.82) is 0 Å². The number of likely N-dealkylation sites (tertiary alicyclic amines) is 1. The molecule has 4 fully saturated rings. The molecule has 23 heavy (non-hydrogen) atoms. The highest BCUT2D eigenvalue weighted by Gasteiger charge is 2.55. The van der Waals surface area contributed by atoms with Crippen molar-refractivity contribution in [3.8, 4) is 0 Å². The van der Waals surface area contributed by atoms with Gasteiger partial charge in [0.2, 0.25) is 0 Å². The van der Waals surface area contributed by atoms with Crippen LogP contribution >= 0.6 is 0 Å². The molecule has 4 rings (SSSR count). The maximum atomic E-state index is 12.5. The van der Waals surface area contributed by atoms with Crippen LogP contribution in [0.1, 0.15) is 58.3 Å². The van der Waals surface area contributed by atoms with E-state index >= 15 is 0 Å². The summed E-state index contributed by atoms with van der Waals surface area (Å²) >= 11 is 0. The lowest BCUT2D eigenvalue weighted by Gasteiger charge is -2.50. The molecule has 2 saturated heterocycles. The molecular formula is C20H31NO2. The smallest absolute Gasteiger partial charge is 0.310 e. The third-order valence-corrected chi connectivity index (χ3v) is 7.22. The van der Waals surface area contributed by atoms with Crippen LogP contribution in [-0.4, -0.2) is 36.6 Å². The lowest BCUT2D eigenvalue weighted by atomic mass is 9.55. The minimum Gasteiger partial charge on any atom is -0.462 e. The Kier molecular flexibility index (Phi) is 4.03. The molecule has 5 atom stereocenters. The van der Waals surface area contributed by atoms with Crippen LogP contribution in [0.4, 0.5) is 0 Å². The van der Waals surface area contributed by atoms with Gasteiger partial charge in [0.1, 0.15) is 6.10 Å². The van der Waals surface area contributed by atoms with Gasteiger partial charge in [-0.25, -0.2) is 0 Å². The molecule has 3 nitrogen and oxygen atoms in total. The second kappa shape index (κ2) is 5.91. The van der Waals surface area contributed by atoms with E-state index in [0.29, 0.717) is 17.3 Å². The number of hydrogen-bond acceptors (Lipinski definition) is 3. The summed E-state index contributed by atoms with van der Waals surface area (Å²) in [5.74, 6) is 1.23. The minimum absolute atomic E-state index is 0.0819. The number of allylic oxidation sites excluding steroid dienone is 1. The van der Waals surface area contributed by atoms with Gasteiger partial charge in [-0.3, -0.25) is 4.79 Å². The molecule has 2 saturated carbocycles. The first kappa shape index (κ1) is 15.7. The van der Waals surface area contributed by atoms with E-state index in [4.69, 9.17) is 4.74 Å². The largest absolute Gasteiger partial charge is 0.462 e. The van der Waals surface area contributed by atoms with E-state index in [9.17, 15) is 4.79 Å². The molecule has 0 amide bonds. The summed E-state index contributed by atoms with van der Waals surface area (Å²) < 4.78 is 5.87. The molecule has 0 N–H and O–H groups in total. The molecule has 0 unspecified atom stereocenters. The summed E-state index contributed by atoms with van der Waals surface area (Å²) in [6.45, 7) is 10.0. The number of hydrogen-bond donors (Lipinski definition) is 0. The fraction of sp³-hybridized carbons (Fsp3) is 0.850. The lowest BCUT2D eigenvalue weighted by molar-refractivity contribution is -0.146. The Bertz CT molecular complexity index is 496. The van der Waals surface area contributed by atoms with E-state index < -0.39 is 0 Å². The van der Waals surface area contributed by atoms with Crippen LogP contribution in [0.2, 0.25) is 0 Å². The van der Waals surface area contributed by atoms with E-state index in [1.54, 1.807) is 0 Å². The molecule has 2 aliphatic carbocycles. The van der Waals surface area contributed by atoms with E-state index in [0.717, 1.165) is 32.5 Å². The molecule has 0 aromatic carbocycles. The minimum atomic E-state index is 0.0819. The van der Waals surface area contributed by atoms with Gasteiger partial charge in [-0.2, -0.15) is 0 Å². The standard InChI is InChI=1S/C20H31NO2/c1-14-7-6-8-20(2)12-18-15(11-17(14)20)16(19(22)23-18)13-21-9-4-3-5-10-21/h15-18H,1,3-13H2,2H3/t15-,16+,17-,18-,20-/m1/s1. The quantitative estimate of drug-likeness (QED) is 0.573. The number of esters is 1. The summed E-state index contributed by atoms with van der Waals surface area (Å²) in [4.78, 5) is 15.0. The zero-order valence-corrected chi connectivity index (χ0v) is 14.6. The van der Waals surface area contributed by atoms with E-state index in [1.165, 1.54) is 44.1 Å². The second-order valence-corrected chi connectivity index (χ2v) is 8.77. The number of fused-ring (bicyclic) bond motifs is 2. The Morgan fingerprint density at radius 3 is 2.83 bits per heavy atom. The molecule has 0 aromatic rings. The first-order valence-corrected chi connectivity index (χ1v) is 9.67. The van der Waals surface area contributed by atoms with Gasteiger partial charge < -0.3 is 9.64 Å². The molecule has 0 bridgehead atoms. The van der Waals surface area contributed by atoms with Crippen molar-refractivity contribution < 1.29 is 9.53 Å². The Morgan fingerprint density at radius 2 is 2.04 bits per heavy atom. The fourth-order valence-electron chi connectivity index (χ4n) is 5.88. The van der Waals surface area contributed by atoms with E-state index in [2.05, 4.69) is 18.4 Å². The van der Waals surface area contributed by atoms with Gasteiger partial charge in [-0.15, -0.1) is 0 Å². The topological polar surface area (TPSA) is 29.5 Å². The van der Waals surface area contributed by atoms with Crippen LogP contribution in [0.5, 0.6) is 0 Å². The van der Waals surface area contributed by atoms with Crippen LogP contribution in [0.25, 0.3) is 0 Å². The van der Waals surface area contributed by atoms with Gasteiger partial charge >= 0.3 is 5.97 Å². The van der Waals surface area contributed by atoms with Crippen molar-refractivity contribution in [1.82, 2.24) is 4.90 Å². The number of nitrogens with zero attached hydrogens (tertiary/aromatic N) is 1. The van der Waals surface area contributed by atoms with Crippen LogP contribution in [0.15, 0.2) is 12.2 Å². The van der Waals surface area contributed by atoms with Crippen molar-refractivity contribution >= 4 is 5.97 Å². The number of piperidine rings is 1. The van der Waals surface area contributed by atoms with Crippen molar-refractivity contribution in [2.24, 2.45) is 23.2 Å². The van der Waals surface area contributed by atoms with Crippen molar-refractivity contribution in [3.63, 3.8) is 0 Å². The van der Waals surface area contributed by atoms with E-state index in [-0.39, 0.29) is 18.0 Å². The van der Waals surface area contributed by atoms with Gasteiger partial charge in [0.15, 0.2) is 0 Å². The first-order chi connectivity index (χ1) is 11.1. The summed E-state index contributed by atoms with van der Waals surface area (Å²) in [7, 11) is 0. The first-order valence-electron chi connectivity index (χ1n) is 9.67. The van der Waals surface area contributed by atoms with Crippen LogP contribution < -0.4 is 0 Å². The second-order valence-electron chi connectivity index (χ2n) is 8.77. The third kappa shape index (κ3) is 2.75. The highest BCUT2D eigenvalue weighted by Crippen LogP contribution is 2.56. The van der Waals surface area contributed by atoms with Crippen molar-refractivity contribution in [2.45, 2.75) is 64.4 Å². The number of carbonyl (C=O) groups excluding carboxylic acids is 1. The lowest BCUT2D eigenvalue weighted by Crippen LogP contribution is -2.46. The van der Waals surface area contributed by atoms with Crippen LogP contribution in [0, 0.1) is 23.2 Å². The van der Waals surface area contributed by atoms with Crippen molar-refractivity contribution in [2.75, 3.05) is 19.6 Å². The average Bonchev–Trinajstić information content (AvgIpc) is 2.81. The van der Waals surface area contributed by atoms with Gasteiger partial charge in [0.05, 0.1) is 5.92 Å². The Balaban J connectivity index is 1.50.